The molecular weight excluding hydrogens is 234 g/mol. The Morgan fingerprint density at radius 2 is 2.56 bits per heavy atom. The van der Waals surface area contributed by atoms with Gasteiger partial charge in [0.05, 0.1) is 31.9 Å². The quantitative estimate of drug-likeness (QED) is 0.775. The predicted octanol–water partition coefficient (Wildman–Crippen LogP) is 0.413. The van der Waals surface area contributed by atoms with Crippen molar-refractivity contribution in [1.29, 1.82) is 0 Å². The molecule has 0 spiro atoms. The number of hydrogen-bond acceptors (Lipinski definition) is 5. The Morgan fingerprint density at radius 3 is 3.28 bits per heavy atom. The van der Waals surface area contributed by atoms with Crippen molar-refractivity contribution >= 4 is 5.91 Å². The second-order valence-corrected chi connectivity index (χ2v) is 4.08. The van der Waals surface area contributed by atoms with E-state index < -0.39 is 0 Å². The van der Waals surface area contributed by atoms with Gasteiger partial charge in [-0.3, -0.25) is 4.79 Å². The summed E-state index contributed by atoms with van der Waals surface area (Å²) in [5.41, 5.74) is 0.814. The second-order valence-electron chi connectivity index (χ2n) is 4.08. The van der Waals surface area contributed by atoms with Crippen molar-refractivity contribution in [3.63, 3.8) is 0 Å². The first kappa shape index (κ1) is 12.9. The monoisotopic (exact) mass is 251 g/mol. The SMILES string of the molecule is COCCC(=O)N1CCO[C@H](c2ccncn2)C1. The van der Waals surface area contributed by atoms with E-state index >= 15 is 0 Å². The van der Waals surface area contributed by atoms with Gasteiger partial charge in [-0.25, -0.2) is 9.97 Å². The molecule has 0 aromatic carbocycles. The second kappa shape index (κ2) is 6.42. The molecule has 98 valence electrons. The summed E-state index contributed by atoms with van der Waals surface area (Å²) < 4.78 is 10.5. The van der Waals surface area contributed by atoms with Crippen LogP contribution in [0.4, 0.5) is 0 Å². The lowest BCUT2D eigenvalue weighted by atomic mass is 10.2. The fraction of sp³-hybridized carbons (Fsp3) is 0.583. The number of aromatic nitrogens is 2. The number of ether oxygens (including phenoxy) is 2. The van der Waals surface area contributed by atoms with Crippen molar-refractivity contribution in [3.05, 3.63) is 24.3 Å². The van der Waals surface area contributed by atoms with E-state index in [2.05, 4.69) is 9.97 Å². The van der Waals surface area contributed by atoms with Gasteiger partial charge in [-0.2, -0.15) is 0 Å². The summed E-state index contributed by atoms with van der Waals surface area (Å²) in [5.74, 6) is 0.0965. The minimum absolute atomic E-state index is 0.0965. The summed E-state index contributed by atoms with van der Waals surface area (Å²) in [6.07, 6.45) is 3.42. The Balaban J connectivity index is 1.94. The smallest absolute Gasteiger partial charge is 0.225 e. The van der Waals surface area contributed by atoms with E-state index in [4.69, 9.17) is 9.47 Å². The number of nitrogens with zero attached hydrogens (tertiary/aromatic N) is 3. The first-order valence-electron chi connectivity index (χ1n) is 5.95. The van der Waals surface area contributed by atoms with Gasteiger partial charge in [-0.1, -0.05) is 0 Å². The number of carbonyl (C=O) groups excluding carboxylic acids is 1. The Morgan fingerprint density at radius 1 is 1.67 bits per heavy atom. The van der Waals surface area contributed by atoms with Gasteiger partial charge in [0, 0.05) is 19.9 Å². The molecule has 2 heterocycles. The van der Waals surface area contributed by atoms with Crippen LogP contribution in [-0.2, 0) is 14.3 Å². The van der Waals surface area contributed by atoms with E-state index in [1.54, 1.807) is 18.2 Å². The Bertz CT molecular complexity index is 385. The highest BCUT2D eigenvalue weighted by atomic mass is 16.5. The molecule has 1 aromatic rings. The van der Waals surface area contributed by atoms with Gasteiger partial charge < -0.3 is 14.4 Å². The van der Waals surface area contributed by atoms with Crippen LogP contribution in [0.2, 0.25) is 0 Å². The highest BCUT2D eigenvalue weighted by molar-refractivity contribution is 5.76. The van der Waals surface area contributed by atoms with Crippen LogP contribution in [-0.4, -0.2) is 54.2 Å². The van der Waals surface area contributed by atoms with Crippen LogP contribution in [0, 0.1) is 0 Å². The van der Waals surface area contributed by atoms with E-state index in [1.807, 2.05) is 6.07 Å². The summed E-state index contributed by atoms with van der Waals surface area (Å²) in [5, 5.41) is 0. The molecule has 0 saturated carbocycles. The summed E-state index contributed by atoms with van der Waals surface area (Å²) in [4.78, 5) is 21.7. The van der Waals surface area contributed by atoms with Crippen molar-refractivity contribution in [2.24, 2.45) is 0 Å². The van der Waals surface area contributed by atoms with E-state index in [0.29, 0.717) is 32.7 Å². The van der Waals surface area contributed by atoms with E-state index in [9.17, 15) is 4.79 Å². The molecule has 1 aliphatic rings. The van der Waals surface area contributed by atoms with Crippen LogP contribution >= 0.6 is 0 Å². The lowest BCUT2D eigenvalue weighted by molar-refractivity contribution is -0.140. The molecule has 1 aliphatic heterocycles. The van der Waals surface area contributed by atoms with Crippen molar-refractivity contribution in [2.75, 3.05) is 33.4 Å². The minimum Gasteiger partial charge on any atom is -0.384 e. The molecule has 1 saturated heterocycles. The van der Waals surface area contributed by atoms with Crippen LogP contribution < -0.4 is 0 Å². The van der Waals surface area contributed by atoms with Crippen LogP contribution in [0.15, 0.2) is 18.6 Å². The standard InChI is InChI=1S/C12H17N3O3/c1-17-6-3-12(16)15-5-7-18-11(8-15)10-2-4-13-9-14-10/h2,4,9,11H,3,5-8H2,1H3/t11-/m0/s1. The summed E-state index contributed by atoms with van der Waals surface area (Å²) in [7, 11) is 1.59. The zero-order valence-electron chi connectivity index (χ0n) is 10.4. The third kappa shape index (κ3) is 3.24. The van der Waals surface area contributed by atoms with Gasteiger partial charge in [0.2, 0.25) is 5.91 Å². The Labute approximate surface area is 106 Å². The fourth-order valence-electron chi connectivity index (χ4n) is 1.89. The minimum atomic E-state index is -0.159. The molecule has 0 radical (unpaired) electrons. The van der Waals surface area contributed by atoms with Crippen molar-refractivity contribution in [3.8, 4) is 0 Å². The van der Waals surface area contributed by atoms with E-state index in [0.717, 1.165) is 5.69 Å². The van der Waals surface area contributed by atoms with Crippen molar-refractivity contribution in [1.82, 2.24) is 14.9 Å². The van der Waals surface area contributed by atoms with Crippen LogP contribution in [0.5, 0.6) is 0 Å². The fourth-order valence-corrected chi connectivity index (χ4v) is 1.89. The van der Waals surface area contributed by atoms with Crippen molar-refractivity contribution in [2.45, 2.75) is 12.5 Å². The Kier molecular flexibility index (Phi) is 4.60. The molecule has 6 heteroatoms. The van der Waals surface area contributed by atoms with E-state index in [-0.39, 0.29) is 12.0 Å². The molecule has 6 nitrogen and oxygen atoms in total. The topological polar surface area (TPSA) is 64.5 Å². The number of methoxy groups -OCH3 is 1. The highest BCUT2D eigenvalue weighted by Gasteiger charge is 2.25. The number of carbonyl (C=O) groups is 1. The zero-order valence-corrected chi connectivity index (χ0v) is 10.4. The van der Waals surface area contributed by atoms with E-state index in [1.165, 1.54) is 6.33 Å². The Hall–Kier alpha value is -1.53. The van der Waals surface area contributed by atoms with Crippen molar-refractivity contribution < 1.29 is 14.3 Å². The molecule has 0 bridgehead atoms. The average molecular weight is 251 g/mol. The average Bonchev–Trinajstić information content (AvgIpc) is 2.46. The summed E-state index contributed by atoms with van der Waals surface area (Å²) in [6, 6.07) is 1.81. The van der Waals surface area contributed by atoms with Crippen LogP contribution in [0.1, 0.15) is 18.2 Å². The first-order valence-corrected chi connectivity index (χ1v) is 5.95. The number of rotatable bonds is 4. The highest BCUT2D eigenvalue weighted by Crippen LogP contribution is 2.20. The maximum Gasteiger partial charge on any atom is 0.225 e. The molecule has 0 N–H and O–H groups in total. The summed E-state index contributed by atoms with van der Waals surface area (Å²) in [6.45, 7) is 2.16. The molecular formula is C12H17N3O3. The summed E-state index contributed by atoms with van der Waals surface area (Å²) >= 11 is 0. The maximum atomic E-state index is 11.9. The van der Waals surface area contributed by atoms with Gasteiger partial charge in [0.25, 0.3) is 0 Å². The molecule has 0 aliphatic carbocycles. The molecule has 0 unspecified atom stereocenters. The van der Waals surface area contributed by atoms with Crippen LogP contribution in [0.3, 0.4) is 0 Å². The predicted molar refractivity (Wildman–Crippen MR) is 63.8 cm³/mol. The normalized spacial score (nSPS) is 19.8. The molecule has 2 rings (SSSR count). The lowest BCUT2D eigenvalue weighted by Gasteiger charge is -2.32. The van der Waals surface area contributed by atoms with Gasteiger partial charge in [-0.05, 0) is 6.07 Å². The number of amides is 1. The number of morpholine rings is 1. The molecule has 1 atom stereocenters. The molecule has 1 aromatic heterocycles. The van der Waals surface area contributed by atoms with Gasteiger partial charge >= 0.3 is 0 Å². The third-order valence-electron chi connectivity index (χ3n) is 2.87. The molecule has 1 amide bonds. The third-order valence-corrected chi connectivity index (χ3v) is 2.87. The lowest BCUT2D eigenvalue weighted by Crippen LogP contribution is -2.42. The van der Waals surface area contributed by atoms with Gasteiger partial charge in [-0.15, -0.1) is 0 Å². The zero-order chi connectivity index (χ0) is 12.8. The van der Waals surface area contributed by atoms with Gasteiger partial charge in [0.1, 0.15) is 12.4 Å². The van der Waals surface area contributed by atoms with Gasteiger partial charge in [0.15, 0.2) is 0 Å². The largest absolute Gasteiger partial charge is 0.384 e. The number of hydrogen-bond donors (Lipinski definition) is 0. The first-order chi connectivity index (χ1) is 8.81. The molecule has 1 fully saturated rings. The van der Waals surface area contributed by atoms with Crippen LogP contribution in [0.25, 0.3) is 0 Å². The molecule has 18 heavy (non-hydrogen) atoms. The maximum absolute atomic E-state index is 11.9.